The predicted octanol–water partition coefficient (Wildman–Crippen LogP) is 2.60. The summed E-state index contributed by atoms with van der Waals surface area (Å²) >= 11 is 0. The van der Waals surface area contributed by atoms with Gasteiger partial charge >= 0.3 is 0 Å². The van der Waals surface area contributed by atoms with E-state index in [2.05, 4.69) is 16.4 Å². The Morgan fingerprint density at radius 1 is 1.32 bits per heavy atom. The summed E-state index contributed by atoms with van der Waals surface area (Å²) in [4.78, 5) is 4.22. The number of hydrogen-bond acceptors (Lipinski definition) is 5. The predicted molar refractivity (Wildman–Crippen MR) is 74.4 cm³/mol. The van der Waals surface area contributed by atoms with E-state index in [1.807, 2.05) is 25.1 Å². The molecule has 0 spiro atoms. The zero-order chi connectivity index (χ0) is 13.8. The SMILES string of the molecule is COc1nc(Nc2cccc(C)c2C#N)ccc1N. The maximum Gasteiger partial charge on any atom is 0.238 e. The Balaban J connectivity index is 2.37. The number of nitrogens with two attached hydrogens (primary N) is 1. The van der Waals surface area contributed by atoms with Crippen molar-refractivity contribution in [2.45, 2.75) is 6.92 Å². The molecule has 5 nitrogen and oxygen atoms in total. The van der Waals surface area contributed by atoms with Crippen LogP contribution in [0.2, 0.25) is 0 Å². The largest absolute Gasteiger partial charge is 0.479 e. The fourth-order valence-corrected chi connectivity index (χ4v) is 1.74. The minimum absolute atomic E-state index is 0.358. The highest BCUT2D eigenvalue weighted by Crippen LogP contribution is 2.25. The van der Waals surface area contributed by atoms with E-state index in [9.17, 15) is 0 Å². The van der Waals surface area contributed by atoms with Gasteiger partial charge in [0.1, 0.15) is 11.9 Å². The molecule has 0 aliphatic rings. The van der Waals surface area contributed by atoms with Crippen LogP contribution in [0.1, 0.15) is 11.1 Å². The summed E-state index contributed by atoms with van der Waals surface area (Å²) in [6, 6.07) is 11.2. The normalized spacial score (nSPS) is 9.74. The van der Waals surface area contributed by atoms with Gasteiger partial charge in [-0.2, -0.15) is 10.2 Å². The van der Waals surface area contributed by atoms with E-state index in [1.165, 1.54) is 7.11 Å². The van der Waals surface area contributed by atoms with Crippen LogP contribution in [-0.4, -0.2) is 12.1 Å². The quantitative estimate of drug-likeness (QED) is 0.879. The zero-order valence-electron chi connectivity index (χ0n) is 10.8. The number of nitrogens with one attached hydrogen (secondary N) is 1. The fraction of sp³-hybridized carbons (Fsp3) is 0.143. The van der Waals surface area contributed by atoms with Gasteiger partial charge in [0.05, 0.1) is 24.0 Å². The Morgan fingerprint density at radius 2 is 2.11 bits per heavy atom. The van der Waals surface area contributed by atoms with Gasteiger partial charge in [0.15, 0.2) is 0 Å². The number of nitriles is 1. The molecular formula is C14H14N4O. The van der Waals surface area contributed by atoms with Gasteiger partial charge in [0.25, 0.3) is 0 Å². The van der Waals surface area contributed by atoms with Gasteiger partial charge in [-0.05, 0) is 30.7 Å². The second-order valence-electron chi connectivity index (χ2n) is 4.03. The second-order valence-corrected chi connectivity index (χ2v) is 4.03. The van der Waals surface area contributed by atoms with Crippen molar-refractivity contribution in [3.05, 3.63) is 41.5 Å². The van der Waals surface area contributed by atoms with Crippen LogP contribution in [0.5, 0.6) is 5.88 Å². The lowest BCUT2D eigenvalue weighted by molar-refractivity contribution is 0.401. The Bertz CT molecular complexity index is 646. The molecule has 1 aromatic heterocycles. The Hall–Kier alpha value is -2.74. The standard InChI is InChI=1S/C14H14N4O/c1-9-4-3-5-12(10(9)8-15)17-13-7-6-11(16)14(18-13)19-2/h3-7H,16H2,1-2H3,(H,17,18). The summed E-state index contributed by atoms with van der Waals surface area (Å²) in [6.07, 6.45) is 0. The topological polar surface area (TPSA) is 84.0 Å². The highest BCUT2D eigenvalue weighted by molar-refractivity contribution is 5.67. The van der Waals surface area contributed by atoms with Gasteiger partial charge < -0.3 is 15.8 Å². The smallest absolute Gasteiger partial charge is 0.238 e. The van der Waals surface area contributed by atoms with E-state index in [0.717, 1.165) is 5.56 Å². The summed E-state index contributed by atoms with van der Waals surface area (Å²) in [5, 5.41) is 12.3. The Labute approximate surface area is 111 Å². The van der Waals surface area contributed by atoms with Gasteiger partial charge in [0, 0.05) is 0 Å². The lowest BCUT2D eigenvalue weighted by Crippen LogP contribution is -2.01. The number of nitrogen functional groups attached to an aromatic ring is 1. The second kappa shape index (κ2) is 5.27. The van der Waals surface area contributed by atoms with Crippen LogP contribution >= 0.6 is 0 Å². The average molecular weight is 254 g/mol. The molecule has 1 aromatic carbocycles. The number of nitrogens with zero attached hydrogens (tertiary/aromatic N) is 2. The number of aryl methyl sites for hydroxylation is 1. The number of pyridine rings is 1. The molecule has 0 amide bonds. The van der Waals surface area contributed by atoms with Crippen molar-refractivity contribution in [3.8, 4) is 11.9 Å². The first-order valence-corrected chi connectivity index (χ1v) is 5.73. The number of anilines is 3. The van der Waals surface area contributed by atoms with Crippen LogP contribution in [0.15, 0.2) is 30.3 Å². The van der Waals surface area contributed by atoms with Gasteiger partial charge in [-0.1, -0.05) is 12.1 Å². The third-order valence-electron chi connectivity index (χ3n) is 2.73. The highest BCUT2D eigenvalue weighted by atomic mass is 16.5. The number of rotatable bonds is 3. The van der Waals surface area contributed by atoms with E-state index in [1.54, 1.807) is 12.1 Å². The van der Waals surface area contributed by atoms with Gasteiger partial charge in [-0.25, -0.2) is 0 Å². The monoisotopic (exact) mass is 254 g/mol. The summed E-state index contributed by atoms with van der Waals surface area (Å²) in [5.41, 5.74) is 8.40. The van der Waals surface area contributed by atoms with Crippen LogP contribution in [-0.2, 0) is 0 Å². The summed E-state index contributed by atoms with van der Waals surface area (Å²) in [5.74, 6) is 0.935. The Morgan fingerprint density at radius 3 is 2.79 bits per heavy atom. The molecule has 2 rings (SSSR count). The van der Waals surface area contributed by atoms with Crippen molar-refractivity contribution in [2.24, 2.45) is 0 Å². The molecule has 0 unspecified atom stereocenters. The third kappa shape index (κ3) is 2.58. The molecule has 96 valence electrons. The van der Waals surface area contributed by atoms with Crippen LogP contribution in [0.3, 0.4) is 0 Å². The molecule has 3 N–H and O–H groups in total. The minimum Gasteiger partial charge on any atom is -0.479 e. The fourth-order valence-electron chi connectivity index (χ4n) is 1.74. The first-order chi connectivity index (χ1) is 9.15. The molecule has 0 saturated carbocycles. The van der Waals surface area contributed by atoms with E-state index >= 15 is 0 Å². The maximum atomic E-state index is 9.17. The number of ether oxygens (including phenoxy) is 1. The van der Waals surface area contributed by atoms with E-state index in [0.29, 0.717) is 28.6 Å². The minimum atomic E-state index is 0.358. The molecule has 0 radical (unpaired) electrons. The lowest BCUT2D eigenvalue weighted by atomic mass is 10.1. The van der Waals surface area contributed by atoms with Crippen molar-refractivity contribution >= 4 is 17.2 Å². The van der Waals surface area contributed by atoms with Crippen molar-refractivity contribution < 1.29 is 4.74 Å². The van der Waals surface area contributed by atoms with Crippen LogP contribution in [0, 0.1) is 18.3 Å². The van der Waals surface area contributed by atoms with Crippen molar-refractivity contribution in [1.82, 2.24) is 4.98 Å². The molecule has 0 bridgehead atoms. The molecule has 1 heterocycles. The molecule has 19 heavy (non-hydrogen) atoms. The molecule has 0 aliphatic carbocycles. The van der Waals surface area contributed by atoms with Crippen LogP contribution in [0.4, 0.5) is 17.2 Å². The first-order valence-electron chi connectivity index (χ1n) is 5.73. The van der Waals surface area contributed by atoms with Crippen molar-refractivity contribution in [2.75, 3.05) is 18.2 Å². The zero-order valence-corrected chi connectivity index (χ0v) is 10.8. The molecule has 0 aliphatic heterocycles. The molecule has 0 atom stereocenters. The van der Waals surface area contributed by atoms with Gasteiger partial charge in [-0.15, -0.1) is 0 Å². The lowest BCUT2D eigenvalue weighted by Gasteiger charge is -2.11. The summed E-state index contributed by atoms with van der Waals surface area (Å²) in [6.45, 7) is 1.89. The van der Waals surface area contributed by atoms with E-state index in [-0.39, 0.29) is 0 Å². The van der Waals surface area contributed by atoms with Gasteiger partial charge in [-0.3, -0.25) is 0 Å². The van der Waals surface area contributed by atoms with Crippen molar-refractivity contribution in [1.29, 1.82) is 5.26 Å². The third-order valence-corrected chi connectivity index (χ3v) is 2.73. The van der Waals surface area contributed by atoms with Crippen LogP contribution < -0.4 is 15.8 Å². The van der Waals surface area contributed by atoms with Gasteiger partial charge in [0.2, 0.25) is 5.88 Å². The summed E-state index contributed by atoms with van der Waals surface area (Å²) in [7, 11) is 1.51. The highest BCUT2D eigenvalue weighted by Gasteiger charge is 2.07. The van der Waals surface area contributed by atoms with Crippen LogP contribution in [0.25, 0.3) is 0 Å². The molecule has 0 saturated heterocycles. The number of hydrogen-bond donors (Lipinski definition) is 2. The van der Waals surface area contributed by atoms with E-state index < -0.39 is 0 Å². The van der Waals surface area contributed by atoms with E-state index in [4.69, 9.17) is 15.7 Å². The Kier molecular flexibility index (Phi) is 3.53. The number of benzene rings is 1. The molecular weight excluding hydrogens is 240 g/mol. The first kappa shape index (κ1) is 12.7. The average Bonchev–Trinajstić information content (AvgIpc) is 2.41. The van der Waals surface area contributed by atoms with Crippen molar-refractivity contribution in [3.63, 3.8) is 0 Å². The number of aromatic nitrogens is 1. The molecule has 5 heteroatoms. The molecule has 0 fully saturated rings. The maximum absolute atomic E-state index is 9.17. The molecule has 2 aromatic rings. The summed E-state index contributed by atoms with van der Waals surface area (Å²) < 4.78 is 5.06. The number of methoxy groups -OCH3 is 1.